The summed E-state index contributed by atoms with van der Waals surface area (Å²) in [6, 6.07) is 0. The van der Waals surface area contributed by atoms with Crippen LogP contribution in [-0.2, 0) is 18.3 Å². The summed E-state index contributed by atoms with van der Waals surface area (Å²) in [6.07, 6.45) is 1.23. The maximum absolute atomic E-state index is 10.2. The normalized spacial score (nSPS) is 12.0. The number of nitrogens with zero attached hydrogens (tertiary/aromatic N) is 1. The first-order chi connectivity index (χ1) is 4.31. The average molecular weight is 151 g/mol. The molecule has 0 saturated heterocycles. The second kappa shape index (κ2) is 5.57. The Balaban J connectivity index is 3.19. The van der Waals surface area contributed by atoms with Gasteiger partial charge in [-0.3, -0.25) is 4.52 Å². The molecular formula is C3H6NO4P. The highest BCUT2D eigenvalue weighted by molar-refractivity contribution is 7.33. The Morgan fingerprint density at radius 1 is 1.78 bits per heavy atom. The van der Waals surface area contributed by atoms with Crippen LogP contribution in [-0.4, -0.2) is 13.9 Å². The number of hydrogen-bond acceptors (Lipinski definition) is 5. The summed E-state index contributed by atoms with van der Waals surface area (Å²) in [5, 5.41) is 7.77. The molecule has 0 rings (SSSR count). The van der Waals surface area contributed by atoms with Gasteiger partial charge >= 0.3 is 8.25 Å². The van der Waals surface area contributed by atoms with Gasteiger partial charge in [-0.2, -0.15) is 0 Å². The van der Waals surface area contributed by atoms with E-state index < -0.39 is 8.25 Å². The molecule has 0 aromatic rings. The first kappa shape index (κ1) is 8.44. The van der Waals surface area contributed by atoms with Gasteiger partial charge in [0, 0.05) is 7.11 Å². The highest BCUT2D eigenvalue weighted by Gasteiger charge is 1.94. The number of methoxy groups -OCH3 is 1. The lowest BCUT2D eigenvalue weighted by Gasteiger charge is -1.96. The van der Waals surface area contributed by atoms with Crippen LogP contribution in [0.15, 0.2) is 0 Å². The van der Waals surface area contributed by atoms with E-state index in [-0.39, 0.29) is 6.79 Å². The second-order valence-electron chi connectivity index (χ2n) is 0.994. The van der Waals surface area contributed by atoms with Crippen LogP contribution in [0.2, 0.25) is 0 Å². The highest BCUT2D eigenvalue weighted by atomic mass is 31.1. The number of ether oxygens (including phenoxy) is 1. The van der Waals surface area contributed by atoms with Crippen molar-refractivity contribution in [2.45, 2.75) is 0 Å². The minimum Gasteiger partial charge on any atom is -0.358 e. The predicted molar refractivity (Wildman–Crippen MR) is 28.7 cm³/mol. The lowest BCUT2D eigenvalue weighted by Crippen LogP contribution is -1.87. The molecule has 0 radical (unpaired) electrons. The van der Waals surface area contributed by atoms with Gasteiger partial charge in [-0.25, -0.2) is 4.57 Å². The zero-order valence-corrected chi connectivity index (χ0v) is 5.79. The van der Waals surface area contributed by atoms with Crippen LogP contribution in [0.4, 0.5) is 0 Å². The van der Waals surface area contributed by atoms with E-state index in [1.807, 2.05) is 0 Å². The summed E-state index contributed by atoms with van der Waals surface area (Å²) in [5.74, 6) is 0. The Labute approximate surface area is 53.1 Å². The van der Waals surface area contributed by atoms with E-state index in [4.69, 9.17) is 5.26 Å². The fourth-order valence-electron chi connectivity index (χ4n) is 0.174. The molecule has 0 aromatic heterocycles. The molecule has 0 amide bonds. The van der Waals surface area contributed by atoms with Crippen molar-refractivity contribution in [2.24, 2.45) is 0 Å². The molecular weight excluding hydrogens is 145 g/mol. The summed E-state index contributed by atoms with van der Waals surface area (Å²) in [5.41, 5.74) is 0. The monoisotopic (exact) mass is 151 g/mol. The highest BCUT2D eigenvalue weighted by Crippen LogP contribution is 2.21. The van der Waals surface area contributed by atoms with E-state index in [0.29, 0.717) is 0 Å². The smallest absolute Gasteiger partial charge is 0.358 e. The van der Waals surface area contributed by atoms with Gasteiger partial charge in [0.25, 0.3) is 6.26 Å². The molecule has 0 fully saturated rings. The van der Waals surface area contributed by atoms with Crippen LogP contribution in [0.1, 0.15) is 0 Å². The SMILES string of the molecule is COCO[PH](=O)OC#N. The minimum atomic E-state index is -2.64. The number of nitriles is 1. The maximum Gasteiger partial charge on any atom is 0.379 e. The molecule has 0 aromatic carbocycles. The van der Waals surface area contributed by atoms with Crippen molar-refractivity contribution >= 4 is 8.25 Å². The zero-order valence-electron chi connectivity index (χ0n) is 4.79. The van der Waals surface area contributed by atoms with E-state index in [0.717, 1.165) is 0 Å². The van der Waals surface area contributed by atoms with Crippen LogP contribution in [0, 0.1) is 11.5 Å². The van der Waals surface area contributed by atoms with Crippen molar-refractivity contribution in [3.63, 3.8) is 0 Å². The fourth-order valence-corrected chi connectivity index (χ4v) is 0.521. The molecule has 0 aliphatic rings. The summed E-state index contributed by atoms with van der Waals surface area (Å²) in [4.78, 5) is 0. The molecule has 0 N–H and O–H groups in total. The molecule has 0 saturated carbocycles. The number of hydrogen-bond donors (Lipinski definition) is 0. The zero-order chi connectivity index (χ0) is 7.11. The summed E-state index contributed by atoms with van der Waals surface area (Å²) in [6.45, 7) is -0.126. The lowest BCUT2D eigenvalue weighted by atomic mass is 11.4. The third kappa shape index (κ3) is 5.31. The van der Waals surface area contributed by atoms with Crippen molar-refractivity contribution in [1.29, 1.82) is 5.26 Å². The molecule has 0 spiro atoms. The van der Waals surface area contributed by atoms with Crippen molar-refractivity contribution in [2.75, 3.05) is 13.9 Å². The molecule has 0 aliphatic heterocycles. The largest absolute Gasteiger partial charge is 0.379 e. The van der Waals surface area contributed by atoms with Crippen molar-refractivity contribution in [1.82, 2.24) is 0 Å². The van der Waals surface area contributed by atoms with Crippen LogP contribution in [0.5, 0.6) is 0 Å². The van der Waals surface area contributed by atoms with E-state index in [1.54, 1.807) is 0 Å². The third-order valence-corrected chi connectivity index (χ3v) is 1.04. The summed E-state index contributed by atoms with van der Waals surface area (Å²) in [7, 11) is -1.26. The van der Waals surface area contributed by atoms with E-state index in [9.17, 15) is 4.57 Å². The van der Waals surface area contributed by atoms with Gasteiger partial charge in [0.05, 0.1) is 0 Å². The molecule has 52 valence electrons. The van der Waals surface area contributed by atoms with Gasteiger partial charge in [0.1, 0.15) is 0 Å². The van der Waals surface area contributed by atoms with Gasteiger partial charge in [-0.15, -0.1) is 5.26 Å². The molecule has 0 bridgehead atoms. The molecule has 0 aliphatic carbocycles. The standard InChI is InChI=1S/C3H6NO4P/c1-6-3-8-9(5)7-2-4/h9H,3H2,1H3. The van der Waals surface area contributed by atoms with Gasteiger partial charge in [0.15, 0.2) is 6.79 Å². The Kier molecular flexibility index (Phi) is 5.23. The fraction of sp³-hybridized carbons (Fsp3) is 0.667. The van der Waals surface area contributed by atoms with Crippen LogP contribution >= 0.6 is 8.25 Å². The quantitative estimate of drug-likeness (QED) is 0.332. The molecule has 6 heteroatoms. The predicted octanol–water partition coefficient (Wildman–Crippen LogP) is 0.494. The molecule has 5 nitrogen and oxygen atoms in total. The molecule has 9 heavy (non-hydrogen) atoms. The number of rotatable bonds is 4. The first-order valence-electron chi connectivity index (χ1n) is 2.03. The minimum absolute atomic E-state index is 0.126. The van der Waals surface area contributed by atoms with E-state index >= 15 is 0 Å². The van der Waals surface area contributed by atoms with Crippen LogP contribution in [0.3, 0.4) is 0 Å². The molecule has 1 atom stereocenters. The molecule has 0 heterocycles. The Bertz CT molecular complexity index is 130. The lowest BCUT2D eigenvalue weighted by molar-refractivity contribution is 0.0486. The summed E-state index contributed by atoms with van der Waals surface area (Å²) < 4.78 is 22.8. The van der Waals surface area contributed by atoms with Gasteiger partial charge in [-0.05, 0) is 0 Å². The van der Waals surface area contributed by atoms with Crippen LogP contribution < -0.4 is 0 Å². The van der Waals surface area contributed by atoms with Gasteiger partial charge in [0.2, 0.25) is 0 Å². The van der Waals surface area contributed by atoms with Crippen molar-refractivity contribution < 1.29 is 18.3 Å². The van der Waals surface area contributed by atoms with Crippen molar-refractivity contribution in [3.05, 3.63) is 0 Å². The van der Waals surface area contributed by atoms with E-state index in [1.165, 1.54) is 13.4 Å². The molecule has 1 unspecified atom stereocenters. The second-order valence-corrected chi connectivity index (χ2v) is 1.99. The van der Waals surface area contributed by atoms with Crippen LogP contribution in [0.25, 0.3) is 0 Å². The Morgan fingerprint density at radius 3 is 2.89 bits per heavy atom. The average Bonchev–Trinajstić information content (AvgIpc) is 1.85. The Morgan fingerprint density at radius 2 is 2.44 bits per heavy atom. The van der Waals surface area contributed by atoms with E-state index in [2.05, 4.69) is 13.8 Å². The topological polar surface area (TPSA) is 68.6 Å². The van der Waals surface area contributed by atoms with Gasteiger partial charge < -0.3 is 9.26 Å². The summed E-state index contributed by atoms with van der Waals surface area (Å²) >= 11 is 0. The first-order valence-corrected chi connectivity index (χ1v) is 3.25. The third-order valence-electron chi connectivity index (χ3n) is 0.424. The maximum atomic E-state index is 10.2. The van der Waals surface area contributed by atoms with Gasteiger partial charge in [-0.1, -0.05) is 0 Å². The Hall–Kier alpha value is -0.560. The van der Waals surface area contributed by atoms with Crippen molar-refractivity contribution in [3.8, 4) is 6.26 Å².